The van der Waals surface area contributed by atoms with Gasteiger partial charge in [0.25, 0.3) is 0 Å². The van der Waals surface area contributed by atoms with Crippen molar-refractivity contribution in [2.24, 2.45) is 0 Å². The predicted octanol–water partition coefficient (Wildman–Crippen LogP) is -0.725. The minimum absolute atomic E-state index is 0.197. The van der Waals surface area contributed by atoms with Crippen LogP contribution in [0.15, 0.2) is 0 Å². The van der Waals surface area contributed by atoms with Gasteiger partial charge in [0, 0.05) is 13.0 Å². The van der Waals surface area contributed by atoms with E-state index in [4.69, 9.17) is 24.1 Å². The summed E-state index contributed by atoms with van der Waals surface area (Å²) in [5.41, 5.74) is 0. The summed E-state index contributed by atoms with van der Waals surface area (Å²) in [7, 11) is 0. The second kappa shape index (κ2) is 10.4. The van der Waals surface area contributed by atoms with Crippen molar-refractivity contribution in [2.45, 2.75) is 44.4 Å². The summed E-state index contributed by atoms with van der Waals surface area (Å²) in [5, 5.41) is 28.3. The molecule has 1 aliphatic heterocycles. The molecule has 20 heavy (non-hydrogen) atoms. The minimum Gasteiger partial charge on any atom is -0.394 e. The summed E-state index contributed by atoms with van der Waals surface area (Å²) < 4.78 is 21.2. The van der Waals surface area contributed by atoms with E-state index in [9.17, 15) is 10.2 Å². The van der Waals surface area contributed by atoms with Crippen LogP contribution >= 0.6 is 0 Å². The quantitative estimate of drug-likeness (QED) is 0.457. The van der Waals surface area contributed by atoms with Gasteiger partial charge in [0.15, 0.2) is 6.29 Å². The highest BCUT2D eigenvalue weighted by atomic mass is 16.7. The fourth-order valence-corrected chi connectivity index (χ4v) is 1.86. The lowest BCUT2D eigenvalue weighted by Crippen LogP contribution is -2.50. The molecule has 4 atom stereocenters. The van der Waals surface area contributed by atoms with Crippen molar-refractivity contribution in [2.75, 3.05) is 39.6 Å². The Hall–Kier alpha value is -0.280. The van der Waals surface area contributed by atoms with Crippen molar-refractivity contribution in [1.82, 2.24) is 0 Å². The molecule has 3 N–H and O–H groups in total. The number of hydrogen-bond donors (Lipinski definition) is 3. The molecule has 120 valence electrons. The molecule has 0 bridgehead atoms. The summed E-state index contributed by atoms with van der Waals surface area (Å²) in [5.74, 6) is 0. The molecule has 0 aromatic rings. The molecule has 1 heterocycles. The van der Waals surface area contributed by atoms with Crippen LogP contribution in [0, 0.1) is 0 Å². The van der Waals surface area contributed by atoms with Crippen LogP contribution in [0.3, 0.4) is 0 Å². The van der Waals surface area contributed by atoms with E-state index in [1.165, 1.54) is 0 Å². The maximum atomic E-state index is 9.71. The molecule has 1 rings (SSSR count). The van der Waals surface area contributed by atoms with Crippen LogP contribution in [0.2, 0.25) is 0 Å². The Morgan fingerprint density at radius 2 is 1.70 bits per heavy atom. The van der Waals surface area contributed by atoms with Gasteiger partial charge in [0.1, 0.15) is 6.10 Å². The molecule has 0 aromatic carbocycles. The molecule has 1 saturated heterocycles. The first kappa shape index (κ1) is 17.8. The maximum absolute atomic E-state index is 9.71. The Bertz CT molecular complexity index is 239. The standard InChI is InChI=1S/C13H26O7/c1-2-3-17-4-5-18-6-7-19-13-12(16)11(15)8-10(9-14)20-13/h10-16H,2-9H2,1H3/t10-,11-,12-,13-/m1/s1. The molecular weight excluding hydrogens is 268 g/mol. The summed E-state index contributed by atoms with van der Waals surface area (Å²) in [6.07, 6.45) is -2.32. The fraction of sp³-hybridized carbons (Fsp3) is 1.00. The molecule has 7 heteroatoms. The smallest absolute Gasteiger partial charge is 0.186 e. The zero-order valence-electron chi connectivity index (χ0n) is 11.9. The van der Waals surface area contributed by atoms with E-state index in [1.807, 2.05) is 6.92 Å². The molecular formula is C13H26O7. The topological polar surface area (TPSA) is 97.6 Å². The Kier molecular flexibility index (Phi) is 9.28. The summed E-state index contributed by atoms with van der Waals surface area (Å²) in [6, 6.07) is 0. The van der Waals surface area contributed by atoms with E-state index in [0.717, 1.165) is 13.0 Å². The summed E-state index contributed by atoms with van der Waals surface area (Å²) in [4.78, 5) is 0. The van der Waals surface area contributed by atoms with Gasteiger partial charge in [-0.3, -0.25) is 0 Å². The molecule has 0 aliphatic carbocycles. The number of aliphatic hydroxyl groups is 3. The van der Waals surface area contributed by atoms with Crippen molar-refractivity contribution in [3.63, 3.8) is 0 Å². The number of aliphatic hydroxyl groups excluding tert-OH is 3. The highest BCUT2D eigenvalue weighted by molar-refractivity contribution is 4.80. The van der Waals surface area contributed by atoms with Crippen LogP contribution in [0.25, 0.3) is 0 Å². The molecule has 0 spiro atoms. The molecule has 0 radical (unpaired) electrons. The predicted molar refractivity (Wildman–Crippen MR) is 70.3 cm³/mol. The summed E-state index contributed by atoms with van der Waals surface area (Å²) in [6.45, 7) is 4.17. The largest absolute Gasteiger partial charge is 0.394 e. The van der Waals surface area contributed by atoms with Gasteiger partial charge in [-0.2, -0.15) is 0 Å². The normalized spacial score (nSPS) is 30.6. The van der Waals surface area contributed by atoms with E-state index >= 15 is 0 Å². The molecule has 1 fully saturated rings. The second-order valence-corrected chi connectivity index (χ2v) is 4.70. The van der Waals surface area contributed by atoms with E-state index in [0.29, 0.717) is 19.8 Å². The average molecular weight is 294 g/mol. The lowest BCUT2D eigenvalue weighted by Gasteiger charge is -2.36. The minimum atomic E-state index is -1.11. The third kappa shape index (κ3) is 6.45. The molecule has 7 nitrogen and oxygen atoms in total. The van der Waals surface area contributed by atoms with Gasteiger partial charge in [0.05, 0.1) is 45.2 Å². The van der Waals surface area contributed by atoms with E-state index < -0.39 is 24.6 Å². The zero-order chi connectivity index (χ0) is 14.8. The monoisotopic (exact) mass is 294 g/mol. The van der Waals surface area contributed by atoms with Crippen LogP contribution < -0.4 is 0 Å². The van der Waals surface area contributed by atoms with Crippen LogP contribution in [0.1, 0.15) is 19.8 Å². The molecule has 0 unspecified atom stereocenters. The van der Waals surface area contributed by atoms with E-state index in [2.05, 4.69) is 0 Å². The third-order valence-corrected chi connectivity index (χ3v) is 2.94. The van der Waals surface area contributed by atoms with Gasteiger partial charge in [-0.05, 0) is 6.42 Å². The highest BCUT2D eigenvalue weighted by Gasteiger charge is 2.36. The third-order valence-electron chi connectivity index (χ3n) is 2.94. The summed E-state index contributed by atoms with van der Waals surface area (Å²) >= 11 is 0. The highest BCUT2D eigenvalue weighted by Crippen LogP contribution is 2.20. The Morgan fingerprint density at radius 3 is 2.35 bits per heavy atom. The van der Waals surface area contributed by atoms with Crippen LogP contribution in [0.4, 0.5) is 0 Å². The second-order valence-electron chi connectivity index (χ2n) is 4.70. The van der Waals surface area contributed by atoms with Crippen LogP contribution in [-0.4, -0.2) is 79.6 Å². The van der Waals surface area contributed by atoms with Gasteiger partial charge in [0.2, 0.25) is 0 Å². The van der Waals surface area contributed by atoms with E-state index in [-0.39, 0.29) is 19.6 Å². The van der Waals surface area contributed by atoms with Gasteiger partial charge in [-0.25, -0.2) is 0 Å². The fourth-order valence-electron chi connectivity index (χ4n) is 1.86. The van der Waals surface area contributed by atoms with Crippen LogP contribution in [-0.2, 0) is 18.9 Å². The van der Waals surface area contributed by atoms with Gasteiger partial charge in [-0.1, -0.05) is 6.92 Å². The molecule has 0 saturated carbocycles. The lowest BCUT2D eigenvalue weighted by molar-refractivity contribution is -0.273. The Morgan fingerprint density at radius 1 is 1.05 bits per heavy atom. The first-order valence-corrected chi connectivity index (χ1v) is 7.08. The van der Waals surface area contributed by atoms with Crippen molar-refractivity contribution < 1.29 is 34.3 Å². The zero-order valence-corrected chi connectivity index (χ0v) is 11.9. The van der Waals surface area contributed by atoms with E-state index in [1.54, 1.807) is 0 Å². The average Bonchev–Trinajstić information content (AvgIpc) is 2.45. The SMILES string of the molecule is CCCOCCOCCO[C@@H]1O[C@@H](CO)C[C@@H](O)[C@H]1O. The maximum Gasteiger partial charge on any atom is 0.186 e. The molecule has 0 aromatic heterocycles. The lowest BCUT2D eigenvalue weighted by atomic mass is 10.0. The van der Waals surface area contributed by atoms with Crippen LogP contribution in [0.5, 0.6) is 0 Å². The molecule has 1 aliphatic rings. The van der Waals surface area contributed by atoms with Gasteiger partial charge >= 0.3 is 0 Å². The van der Waals surface area contributed by atoms with Crippen molar-refractivity contribution in [3.05, 3.63) is 0 Å². The van der Waals surface area contributed by atoms with Gasteiger partial charge < -0.3 is 34.3 Å². The number of hydrogen-bond acceptors (Lipinski definition) is 7. The van der Waals surface area contributed by atoms with Gasteiger partial charge in [-0.15, -0.1) is 0 Å². The van der Waals surface area contributed by atoms with Crippen molar-refractivity contribution >= 4 is 0 Å². The Labute approximate surface area is 119 Å². The Balaban J connectivity index is 2.07. The first-order chi connectivity index (χ1) is 9.69. The van der Waals surface area contributed by atoms with Crippen molar-refractivity contribution in [3.8, 4) is 0 Å². The molecule has 0 amide bonds. The number of rotatable bonds is 10. The first-order valence-electron chi connectivity index (χ1n) is 7.08. The van der Waals surface area contributed by atoms with Crippen molar-refractivity contribution in [1.29, 1.82) is 0 Å². The number of ether oxygens (including phenoxy) is 4.